The van der Waals surface area contributed by atoms with Crippen molar-refractivity contribution in [2.75, 3.05) is 0 Å². The molecule has 0 saturated heterocycles. The normalized spacial score (nSPS) is 13.0. The van der Waals surface area contributed by atoms with Gasteiger partial charge in [0.25, 0.3) is 0 Å². The van der Waals surface area contributed by atoms with Crippen molar-refractivity contribution >= 4 is 128 Å². The highest BCUT2D eigenvalue weighted by Crippen LogP contribution is 2.53. The number of hydrogen-bond acceptors (Lipinski definition) is 0. The second kappa shape index (κ2) is 5.28. The van der Waals surface area contributed by atoms with Crippen LogP contribution in [0, 0.1) is 0 Å². The number of halogens is 4. The summed E-state index contributed by atoms with van der Waals surface area (Å²) in [5.41, 5.74) is 0. The molecule has 0 spiro atoms. The van der Waals surface area contributed by atoms with E-state index in [1.165, 1.54) is 64.6 Å². The summed E-state index contributed by atoms with van der Waals surface area (Å²) >= 11 is 15.4. The summed E-state index contributed by atoms with van der Waals surface area (Å²) in [7, 11) is 0. The van der Waals surface area contributed by atoms with Gasteiger partial charge in [0.15, 0.2) is 0 Å². The lowest BCUT2D eigenvalue weighted by Crippen LogP contribution is -1.94. The highest BCUT2D eigenvalue weighted by Gasteiger charge is 2.24. The van der Waals surface area contributed by atoms with Crippen molar-refractivity contribution < 1.29 is 0 Å². The Bertz CT molecular complexity index is 1490. The Kier molecular flexibility index (Phi) is 3.13. The zero-order valence-electron chi connectivity index (χ0n) is 14.1. The van der Waals surface area contributed by atoms with Gasteiger partial charge in [0.1, 0.15) is 0 Å². The quantitative estimate of drug-likeness (QED) is 0.118. The van der Waals surface area contributed by atoms with Gasteiger partial charge in [0.2, 0.25) is 0 Å². The molecular weight excluding hydrogens is 608 g/mol. The first-order valence-electron chi connectivity index (χ1n) is 8.89. The van der Waals surface area contributed by atoms with Gasteiger partial charge in [0.05, 0.1) is 0 Å². The fourth-order valence-corrected chi connectivity index (χ4v) is 8.28. The molecular formula is C24H8Br4. The molecule has 0 aliphatic heterocycles. The Balaban J connectivity index is 2.08. The van der Waals surface area contributed by atoms with Crippen LogP contribution in [0.25, 0.3) is 64.6 Å². The highest BCUT2D eigenvalue weighted by atomic mass is 79.9. The summed E-state index contributed by atoms with van der Waals surface area (Å²) in [6.45, 7) is 0. The number of benzene rings is 7. The third kappa shape index (κ3) is 1.78. The molecule has 0 amide bonds. The van der Waals surface area contributed by atoms with E-state index in [4.69, 9.17) is 0 Å². The summed E-state index contributed by atoms with van der Waals surface area (Å²) in [4.78, 5) is 0. The van der Waals surface area contributed by atoms with E-state index in [-0.39, 0.29) is 0 Å². The molecule has 0 unspecified atom stereocenters. The van der Waals surface area contributed by atoms with Crippen molar-refractivity contribution in [2.45, 2.75) is 0 Å². The van der Waals surface area contributed by atoms with Gasteiger partial charge in [-0.2, -0.15) is 0 Å². The molecule has 7 aromatic carbocycles. The molecule has 0 aromatic heterocycles. The Morgan fingerprint density at radius 1 is 0.321 bits per heavy atom. The first-order valence-corrected chi connectivity index (χ1v) is 12.1. The van der Waals surface area contributed by atoms with Gasteiger partial charge in [-0.1, -0.05) is 88.0 Å². The Labute approximate surface area is 193 Å². The van der Waals surface area contributed by atoms with E-state index in [1.807, 2.05) is 0 Å². The van der Waals surface area contributed by atoms with Gasteiger partial charge >= 0.3 is 0 Å². The zero-order chi connectivity index (χ0) is 18.9. The van der Waals surface area contributed by atoms with Crippen molar-refractivity contribution in [2.24, 2.45) is 0 Å². The molecule has 0 fully saturated rings. The van der Waals surface area contributed by atoms with E-state index in [0.29, 0.717) is 0 Å². The third-order valence-electron chi connectivity index (χ3n) is 6.12. The van der Waals surface area contributed by atoms with Crippen LogP contribution in [0.2, 0.25) is 0 Å². The lowest BCUT2D eigenvalue weighted by atomic mass is 9.83. The third-order valence-corrected chi connectivity index (χ3v) is 8.63. The maximum absolute atomic E-state index is 3.85. The van der Waals surface area contributed by atoms with Crippen LogP contribution in [-0.4, -0.2) is 0 Å². The standard InChI is InChI=1S/C24H8Br4/c25-13-5-9-1-2-10-6-14(26)22-16(28)8-12-4-3-11-7-15(27)21(13)23-17(9)18(10)24(22)20(12)19(11)23/h1-8H. The van der Waals surface area contributed by atoms with Crippen molar-refractivity contribution in [1.29, 1.82) is 0 Å². The molecule has 0 heterocycles. The van der Waals surface area contributed by atoms with Gasteiger partial charge in [-0.05, 0) is 67.4 Å². The monoisotopic (exact) mass is 612 g/mol. The van der Waals surface area contributed by atoms with Crippen LogP contribution in [0.15, 0.2) is 66.4 Å². The van der Waals surface area contributed by atoms with E-state index >= 15 is 0 Å². The SMILES string of the molecule is Brc1cc2ccc3cc(Br)c4c(Br)cc5ccc6cc(Br)c1c1c2c3c4c5c61. The van der Waals surface area contributed by atoms with Gasteiger partial charge in [-0.3, -0.25) is 0 Å². The van der Waals surface area contributed by atoms with Crippen LogP contribution in [0.3, 0.4) is 0 Å². The molecule has 0 saturated carbocycles. The highest BCUT2D eigenvalue weighted by molar-refractivity contribution is 9.11. The van der Waals surface area contributed by atoms with E-state index < -0.39 is 0 Å². The Morgan fingerprint density at radius 2 is 0.571 bits per heavy atom. The van der Waals surface area contributed by atoms with Crippen molar-refractivity contribution in [1.82, 2.24) is 0 Å². The maximum atomic E-state index is 3.85. The first kappa shape index (κ1) is 16.6. The van der Waals surface area contributed by atoms with Crippen molar-refractivity contribution in [3.8, 4) is 0 Å². The molecule has 7 aromatic rings. The molecule has 7 rings (SSSR count). The molecule has 132 valence electrons. The van der Waals surface area contributed by atoms with Crippen LogP contribution in [0.4, 0.5) is 0 Å². The lowest BCUT2D eigenvalue weighted by molar-refractivity contribution is 1.72. The predicted molar refractivity (Wildman–Crippen MR) is 136 cm³/mol. The minimum absolute atomic E-state index is 1.13. The van der Waals surface area contributed by atoms with Crippen LogP contribution >= 0.6 is 63.7 Å². The molecule has 0 aliphatic carbocycles. The van der Waals surface area contributed by atoms with E-state index in [0.717, 1.165) is 17.9 Å². The smallest absolute Gasteiger partial charge is 0.0271 e. The summed E-state index contributed by atoms with van der Waals surface area (Å²) < 4.78 is 4.53. The topological polar surface area (TPSA) is 0 Å². The van der Waals surface area contributed by atoms with Crippen molar-refractivity contribution in [3.05, 3.63) is 66.4 Å². The maximum Gasteiger partial charge on any atom is 0.0271 e. The Morgan fingerprint density at radius 3 is 0.821 bits per heavy atom. The van der Waals surface area contributed by atoms with Gasteiger partial charge < -0.3 is 0 Å². The van der Waals surface area contributed by atoms with E-state index in [2.05, 4.69) is 112 Å². The first-order chi connectivity index (χ1) is 13.5. The average molecular weight is 616 g/mol. The van der Waals surface area contributed by atoms with Crippen LogP contribution in [0.1, 0.15) is 0 Å². The van der Waals surface area contributed by atoms with E-state index in [9.17, 15) is 0 Å². The minimum Gasteiger partial charge on any atom is -0.0537 e. The lowest BCUT2D eigenvalue weighted by Gasteiger charge is -2.23. The van der Waals surface area contributed by atoms with Gasteiger partial charge in [0, 0.05) is 39.4 Å². The van der Waals surface area contributed by atoms with Crippen LogP contribution in [0.5, 0.6) is 0 Å². The summed E-state index contributed by atoms with van der Waals surface area (Å²) in [5.74, 6) is 0. The predicted octanol–water partition coefficient (Wildman–Crippen LogP) is 9.97. The van der Waals surface area contributed by atoms with Crippen LogP contribution < -0.4 is 0 Å². The zero-order valence-corrected chi connectivity index (χ0v) is 20.5. The molecule has 0 atom stereocenters. The molecule has 0 bridgehead atoms. The van der Waals surface area contributed by atoms with Crippen LogP contribution in [-0.2, 0) is 0 Å². The Hall–Kier alpha value is -1.20. The summed E-state index contributed by atoms with van der Waals surface area (Å²) in [6, 6.07) is 18.0. The van der Waals surface area contributed by atoms with E-state index in [1.54, 1.807) is 0 Å². The fourth-order valence-electron chi connectivity index (χ4n) is 5.12. The largest absolute Gasteiger partial charge is 0.0537 e. The molecule has 0 aliphatic rings. The fraction of sp³-hybridized carbons (Fsp3) is 0. The molecule has 0 nitrogen and oxygen atoms in total. The molecule has 0 radical (unpaired) electrons. The number of rotatable bonds is 0. The molecule has 0 N–H and O–H groups in total. The second-order valence-electron chi connectivity index (χ2n) is 7.46. The van der Waals surface area contributed by atoms with Gasteiger partial charge in [-0.15, -0.1) is 0 Å². The minimum atomic E-state index is 1.13. The van der Waals surface area contributed by atoms with Gasteiger partial charge in [-0.25, -0.2) is 0 Å². The average Bonchev–Trinajstić information content (AvgIpc) is 2.66. The van der Waals surface area contributed by atoms with Crippen molar-refractivity contribution in [3.63, 3.8) is 0 Å². The number of hydrogen-bond donors (Lipinski definition) is 0. The molecule has 4 heteroatoms. The summed E-state index contributed by atoms with van der Waals surface area (Å²) in [5, 5.41) is 15.7. The molecule has 28 heavy (non-hydrogen) atoms. The summed E-state index contributed by atoms with van der Waals surface area (Å²) in [6.07, 6.45) is 0. The second-order valence-corrected chi connectivity index (χ2v) is 10.9.